The van der Waals surface area contributed by atoms with Crippen LogP contribution >= 0.6 is 11.3 Å². The zero-order valence-corrected chi connectivity index (χ0v) is 22.2. The van der Waals surface area contributed by atoms with Crippen molar-refractivity contribution >= 4 is 39.1 Å². The van der Waals surface area contributed by atoms with Crippen LogP contribution in [0.4, 0.5) is 18.9 Å². The summed E-state index contributed by atoms with van der Waals surface area (Å²) in [6.07, 6.45) is 1.77. The SMILES string of the molecule is CCCCOC[C@H]1CC[C@H](c2nc3cc(C(=O)OC)c(NC(=O)c4cccc(C(F)(F)F)c4)cc3s2)CC1. The van der Waals surface area contributed by atoms with Gasteiger partial charge in [-0.05, 0) is 68.4 Å². The number of nitrogens with zero attached hydrogens (tertiary/aromatic N) is 1. The maximum Gasteiger partial charge on any atom is 0.416 e. The third kappa shape index (κ3) is 6.71. The van der Waals surface area contributed by atoms with Crippen LogP contribution in [0.5, 0.6) is 0 Å². The molecule has 3 aromatic rings. The topological polar surface area (TPSA) is 77.5 Å². The molecule has 1 amide bonds. The van der Waals surface area contributed by atoms with Gasteiger partial charge in [-0.1, -0.05) is 19.4 Å². The maximum absolute atomic E-state index is 13.1. The van der Waals surface area contributed by atoms with E-state index in [-0.39, 0.29) is 16.8 Å². The maximum atomic E-state index is 13.1. The number of carbonyl (C=O) groups is 2. The first-order valence-electron chi connectivity index (χ1n) is 12.8. The van der Waals surface area contributed by atoms with Gasteiger partial charge in [-0.3, -0.25) is 4.79 Å². The summed E-state index contributed by atoms with van der Waals surface area (Å²) in [5.41, 5.74) is -0.230. The average molecular weight is 549 g/mol. The van der Waals surface area contributed by atoms with E-state index in [0.29, 0.717) is 17.4 Å². The first-order chi connectivity index (χ1) is 18.2. The Morgan fingerprint density at radius 2 is 1.89 bits per heavy atom. The highest BCUT2D eigenvalue weighted by atomic mass is 32.1. The number of ether oxygens (including phenoxy) is 2. The number of halogens is 3. The molecule has 0 aliphatic heterocycles. The number of hydrogen-bond acceptors (Lipinski definition) is 6. The van der Waals surface area contributed by atoms with Gasteiger partial charge in [0.1, 0.15) is 0 Å². The predicted octanol–water partition coefficient (Wildman–Crippen LogP) is 7.44. The minimum absolute atomic E-state index is 0.0881. The Balaban J connectivity index is 1.52. The minimum Gasteiger partial charge on any atom is -0.465 e. The number of unbranched alkanes of at least 4 members (excludes halogenated alkanes) is 1. The molecule has 1 aliphatic rings. The average Bonchev–Trinajstić information content (AvgIpc) is 3.33. The van der Waals surface area contributed by atoms with E-state index in [1.54, 1.807) is 12.1 Å². The second kappa shape index (κ2) is 12.3. The van der Waals surface area contributed by atoms with E-state index in [4.69, 9.17) is 14.5 Å². The van der Waals surface area contributed by atoms with E-state index >= 15 is 0 Å². The monoisotopic (exact) mass is 548 g/mol. The van der Waals surface area contributed by atoms with Crippen LogP contribution in [0, 0.1) is 5.92 Å². The lowest BCUT2D eigenvalue weighted by atomic mass is 9.83. The summed E-state index contributed by atoms with van der Waals surface area (Å²) in [6, 6.07) is 7.34. The highest BCUT2D eigenvalue weighted by molar-refractivity contribution is 7.18. The number of aromatic nitrogens is 1. The Morgan fingerprint density at radius 3 is 2.58 bits per heavy atom. The minimum atomic E-state index is -4.58. The summed E-state index contributed by atoms with van der Waals surface area (Å²) in [7, 11) is 1.22. The molecule has 1 aliphatic carbocycles. The molecule has 0 unspecified atom stereocenters. The molecule has 1 N–H and O–H groups in total. The van der Waals surface area contributed by atoms with Crippen LogP contribution in [0.2, 0.25) is 0 Å². The summed E-state index contributed by atoms with van der Waals surface area (Å²) >= 11 is 1.51. The molecule has 1 saturated carbocycles. The summed E-state index contributed by atoms with van der Waals surface area (Å²) in [6.45, 7) is 3.75. The number of anilines is 1. The Kier molecular flexibility index (Phi) is 9.04. The molecule has 2 aromatic carbocycles. The van der Waals surface area contributed by atoms with E-state index in [1.165, 1.54) is 30.6 Å². The predicted molar refractivity (Wildman–Crippen MR) is 141 cm³/mol. The summed E-state index contributed by atoms with van der Waals surface area (Å²) < 4.78 is 50.8. The number of carbonyl (C=O) groups excluding carboxylic acids is 2. The van der Waals surface area contributed by atoms with Crippen LogP contribution < -0.4 is 5.32 Å². The lowest BCUT2D eigenvalue weighted by molar-refractivity contribution is -0.137. The van der Waals surface area contributed by atoms with Gasteiger partial charge in [-0.25, -0.2) is 9.78 Å². The molecule has 1 aromatic heterocycles. The van der Waals surface area contributed by atoms with E-state index in [9.17, 15) is 22.8 Å². The van der Waals surface area contributed by atoms with Gasteiger partial charge in [-0.15, -0.1) is 11.3 Å². The fraction of sp³-hybridized carbons (Fsp3) is 0.464. The van der Waals surface area contributed by atoms with Crippen LogP contribution in [-0.4, -0.2) is 37.2 Å². The highest BCUT2D eigenvalue weighted by Gasteiger charge is 2.31. The van der Waals surface area contributed by atoms with Gasteiger partial charge in [0.15, 0.2) is 0 Å². The number of alkyl halides is 3. The molecule has 0 radical (unpaired) electrons. The van der Waals surface area contributed by atoms with E-state index < -0.39 is 23.6 Å². The molecule has 1 heterocycles. The largest absolute Gasteiger partial charge is 0.465 e. The number of thiazole rings is 1. The summed E-state index contributed by atoms with van der Waals surface area (Å²) in [5.74, 6) is -0.570. The van der Waals surface area contributed by atoms with Crippen LogP contribution in [-0.2, 0) is 15.7 Å². The molecule has 0 saturated heterocycles. The Hall–Kier alpha value is -2.98. The van der Waals surface area contributed by atoms with Gasteiger partial charge in [0.25, 0.3) is 5.91 Å². The first-order valence-corrected chi connectivity index (χ1v) is 13.6. The van der Waals surface area contributed by atoms with Gasteiger partial charge in [-0.2, -0.15) is 13.2 Å². The molecule has 0 spiro atoms. The molecule has 6 nitrogen and oxygen atoms in total. The molecule has 4 rings (SSSR count). The van der Waals surface area contributed by atoms with Crippen molar-refractivity contribution in [1.29, 1.82) is 0 Å². The van der Waals surface area contributed by atoms with Gasteiger partial charge >= 0.3 is 12.1 Å². The molecular weight excluding hydrogens is 517 g/mol. The van der Waals surface area contributed by atoms with Crippen molar-refractivity contribution in [3.8, 4) is 0 Å². The van der Waals surface area contributed by atoms with Crippen molar-refractivity contribution in [2.24, 2.45) is 5.92 Å². The van der Waals surface area contributed by atoms with Gasteiger partial charge in [0.2, 0.25) is 0 Å². The van der Waals surface area contributed by atoms with Gasteiger partial charge in [0.05, 0.1) is 39.1 Å². The van der Waals surface area contributed by atoms with Crippen molar-refractivity contribution < 1.29 is 32.2 Å². The zero-order chi connectivity index (χ0) is 27.3. The Bertz CT molecular complexity index is 1280. The third-order valence-electron chi connectivity index (χ3n) is 6.84. The zero-order valence-electron chi connectivity index (χ0n) is 21.4. The molecule has 0 atom stereocenters. The second-order valence-corrected chi connectivity index (χ2v) is 10.7. The van der Waals surface area contributed by atoms with Crippen molar-refractivity contribution in [3.63, 3.8) is 0 Å². The van der Waals surface area contributed by atoms with Crippen molar-refractivity contribution in [2.75, 3.05) is 25.6 Å². The van der Waals surface area contributed by atoms with Gasteiger partial charge < -0.3 is 14.8 Å². The molecule has 0 bridgehead atoms. The van der Waals surface area contributed by atoms with Crippen molar-refractivity contribution in [1.82, 2.24) is 4.98 Å². The quantitative estimate of drug-likeness (QED) is 0.222. The van der Waals surface area contributed by atoms with Crippen LogP contribution in [0.3, 0.4) is 0 Å². The second-order valence-electron chi connectivity index (χ2n) is 9.59. The van der Waals surface area contributed by atoms with E-state index in [0.717, 1.165) is 73.6 Å². The molecule has 1 fully saturated rings. The number of rotatable bonds is 9. The lowest BCUT2D eigenvalue weighted by Gasteiger charge is -2.27. The smallest absolute Gasteiger partial charge is 0.416 e. The molecule has 10 heteroatoms. The van der Waals surface area contributed by atoms with Crippen molar-refractivity contribution in [2.45, 2.75) is 57.5 Å². The van der Waals surface area contributed by atoms with E-state index in [2.05, 4.69) is 12.2 Å². The number of hydrogen-bond donors (Lipinski definition) is 1. The number of fused-ring (bicyclic) bond motifs is 1. The van der Waals surface area contributed by atoms with Crippen LogP contribution in [0.1, 0.15) is 82.7 Å². The molecule has 38 heavy (non-hydrogen) atoms. The number of amides is 1. The first kappa shape index (κ1) is 28.0. The Labute approximate surface area is 223 Å². The number of nitrogens with one attached hydrogen (secondary N) is 1. The van der Waals surface area contributed by atoms with E-state index in [1.807, 2.05) is 0 Å². The number of benzene rings is 2. The number of methoxy groups -OCH3 is 1. The fourth-order valence-electron chi connectivity index (χ4n) is 4.65. The lowest BCUT2D eigenvalue weighted by Crippen LogP contribution is -2.18. The molecule has 204 valence electrons. The number of esters is 1. The molecular formula is C28H31F3N2O4S. The normalized spacial score (nSPS) is 17.9. The van der Waals surface area contributed by atoms with Crippen molar-refractivity contribution in [3.05, 3.63) is 58.1 Å². The highest BCUT2D eigenvalue weighted by Crippen LogP contribution is 2.40. The van der Waals surface area contributed by atoms with Crippen LogP contribution in [0.25, 0.3) is 10.2 Å². The standard InChI is InChI=1S/C28H31F3N2O4S/c1-3-4-12-37-16-17-8-10-18(11-9-17)26-33-23-14-21(27(35)36-2)22(15-24(23)38-26)32-25(34)19-6-5-7-20(13-19)28(29,30)31/h5-7,13-15,17-18H,3-4,8-12,16H2,1-2H3,(H,32,34)/t17-,18-. The summed E-state index contributed by atoms with van der Waals surface area (Å²) in [4.78, 5) is 30.1. The van der Waals surface area contributed by atoms with Crippen LogP contribution in [0.15, 0.2) is 36.4 Å². The Morgan fingerprint density at radius 1 is 1.13 bits per heavy atom. The third-order valence-corrected chi connectivity index (χ3v) is 8.02. The van der Waals surface area contributed by atoms with Gasteiger partial charge in [0, 0.05) is 24.7 Å². The fourth-order valence-corrected chi connectivity index (χ4v) is 5.81. The summed E-state index contributed by atoms with van der Waals surface area (Å²) in [5, 5.41) is 3.57.